The van der Waals surface area contributed by atoms with Crippen molar-refractivity contribution in [1.29, 1.82) is 0 Å². The van der Waals surface area contributed by atoms with Gasteiger partial charge in [0.05, 0.1) is 11.2 Å². The number of nitrogens with zero attached hydrogens (tertiary/aromatic N) is 2. The van der Waals surface area contributed by atoms with Crippen LogP contribution in [-0.2, 0) is 12.8 Å². The molecule has 0 saturated carbocycles. The molecule has 0 N–H and O–H groups in total. The first-order valence-corrected chi connectivity index (χ1v) is 10.1. The highest BCUT2D eigenvalue weighted by Gasteiger charge is 2.07. The molecule has 0 aliphatic heterocycles. The Kier molecular flexibility index (Phi) is 6.85. The minimum atomic E-state index is 0.614. The van der Waals surface area contributed by atoms with Crippen molar-refractivity contribution in [2.45, 2.75) is 33.6 Å². The number of aromatic nitrogens is 2. The Morgan fingerprint density at radius 2 is 1.48 bits per heavy atom. The summed E-state index contributed by atoms with van der Waals surface area (Å²) >= 11 is 0. The third-order valence-electron chi connectivity index (χ3n) is 4.86. The fraction of sp³-hybridized carbons (Fsp3) is 0.192. The van der Waals surface area contributed by atoms with Crippen LogP contribution in [0.15, 0.2) is 73.1 Å². The fourth-order valence-electron chi connectivity index (χ4n) is 3.26. The smallest absolute Gasteiger partial charge is 0.150 e. The van der Waals surface area contributed by atoms with E-state index in [1.807, 2.05) is 26.0 Å². The number of rotatable bonds is 5. The summed E-state index contributed by atoms with van der Waals surface area (Å²) in [5, 5.41) is 0.781. The van der Waals surface area contributed by atoms with Crippen LogP contribution >= 0.6 is 0 Å². The lowest BCUT2D eigenvalue weighted by atomic mass is 10.0. The molecule has 3 nitrogen and oxygen atoms in total. The minimum absolute atomic E-state index is 0.614. The Morgan fingerprint density at radius 1 is 0.862 bits per heavy atom. The normalized spacial score (nSPS) is 10.3. The van der Waals surface area contributed by atoms with Gasteiger partial charge in [-0.15, -0.1) is 0 Å². The zero-order valence-corrected chi connectivity index (χ0v) is 17.2. The van der Waals surface area contributed by atoms with Crippen molar-refractivity contribution in [3.63, 3.8) is 0 Å². The van der Waals surface area contributed by atoms with Gasteiger partial charge in [-0.2, -0.15) is 0 Å². The molecule has 146 valence electrons. The molecule has 0 bridgehead atoms. The lowest BCUT2D eigenvalue weighted by molar-refractivity contribution is 0.112. The van der Waals surface area contributed by atoms with E-state index in [1.54, 1.807) is 12.4 Å². The zero-order valence-electron chi connectivity index (χ0n) is 17.2. The van der Waals surface area contributed by atoms with Crippen LogP contribution < -0.4 is 0 Å². The number of hydrogen-bond acceptors (Lipinski definition) is 3. The third kappa shape index (κ3) is 4.75. The van der Waals surface area contributed by atoms with E-state index in [9.17, 15) is 4.79 Å². The van der Waals surface area contributed by atoms with Crippen LogP contribution in [0.25, 0.3) is 22.2 Å². The van der Waals surface area contributed by atoms with Gasteiger partial charge >= 0.3 is 0 Å². The molecule has 4 aromatic rings. The topological polar surface area (TPSA) is 42.9 Å². The Bertz CT molecular complexity index is 1080. The van der Waals surface area contributed by atoms with Gasteiger partial charge in [0, 0.05) is 28.9 Å². The molecule has 0 amide bonds. The number of carbonyl (C=O) groups excluding carboxylic acids is 1. The molecule has 0 radical (unpaired) electrons. The summed E-state index contributed by atoms with van der Waals surface area (Å²) in [5.41, 5.74) is 7.12. The van der Waals surface area contributed by atoms with Crippen molar-refractivity contribution in [2.75, 3.05) is 0 Å². The average molecular weight is 383 g/mol. The van der Waals surface area contributed by atoms with Gasteiger partial charge in [-0.1, -0.05) is 69.3 Å². The maximum atomic E-state index is 11.5. The van der Waals surface area contributed by atoms with Crippen LogP contribution in [0.2, 0.25) is 0 Å². The van der Waals surface area contributed by atoms with Crippen molar-refractivity contribution in [2.24, 2.45) is 0 Å². The molecule has 2 aromatic heterocycles. The van der Waals surface area contributed by atoms with E-state index in [4.69, 9.17) is 0 Å². The molecule has 0 atom stereocenters. The second kappa shape index (κ2) is 9.74. The number of benzene rings is 2. The summed E-state index contributed by atoms with van der Waals surface area (Å²) < 4.78 is 0. The van der Waals surface area contributed by atoms with Crippen LogP contribution in [0.5, 0.6) is 0 Å². The first-order chi connectivity index (χ1) is 14.3. The van der Waals surface area contributed by atoms with Crippen LogP contribution in [0.1, 0.15) is 47.8 Å². The highest BCUT2D eigenvalue weighted by Crippen LogP contribution is 2.24. The van der Waals surface area contributed by atoms with Gasteiger partial charge in [-0.25, -0.2) is 4.98 Å². The van der Waals surface area contributed by atoms with Gasteiger partial charge in [-0.3, -0.25) is 9.78 Å². The van der Waals surface area contributed by atoms with Crippen molar-refractivity contribution < 1.29 is 4.79 Å². The Morgan fingerprint density at radius 3 is 2.10 bits per heavy atom. The lowest BCUT2D eigenvalue weighted by Gasteiger charge is -2.08. The first-order valence-electron chi connectivity index (χ1n) is 10.1. The summed E-state index contributed by atoms with van der Waals surface area (Å²) in [5.74, 6) is 0. The molecule has 2 aromatic carbocycles. The van der Waals surface area contributed by atoms with Crippen molar-refractivity contribution in [3.8, 4) is 11.3 Å². The van der Waals surface area contributed by atoms with E-state index in [-0.39, 0.29) is 0 Å². The summed E-state index contributed by atoms with van der Waals surface area (Å²) in [6.45, 7) is 6.17. The Hall–Kier alpha value is -3.33. The lowest BCUT2D eigenvalue weighted by Crippen LogP contribution is -1.93. The van der Waals surface area contributed by atoms with Crippen molar-refractivity contribution >= 4 is 17.2 Å². The highest BCUT2D eigenvalue weighted by atomic mass is 16.1. The Labute approximate surface area is 172 Å². The minimum Gasteiger partial charge on any atom is -0.298 e. The number of carbonyl (C=O) groups is 1. The second-order valence-electron chi connectivity index (χ2n) is 6.65. The van der Waals surface area contributed by atoms with Crippen LogP contribution in [0.3, 0.4) is 0 Å². The molecule has 0 fully saturated rings. The fourth-order valence-corrected chi connectivity index (χ4v) is 3.26. The molecular weight excluding hydrogens is 356 g/mol. The maximum Gasteiger partial charge on any atom is 0.150 e. The van der Waals surface area contributed by atoms with E-state index in [1.165, 1.54) is 16.7 Å². The summed E-state index contributed by atoms with van der Waals surface area (Å²) in [7, 11) is 0. The molecule has 4 rings (SSSR count). The van der Waals surface area contributed by atoms with Crippen molar-refractivity contribution in [1.82, 2.24) is 9.97 Å². The van der Waals surface area contributed by atoms with Gasteiger partial charge in [0.15, 0.2) is 6.29 Å². The summed E-state index contributed by atoms with van der Waals surface area (Å²) in [6.07, 6.45) is 6.21. The number of aryl methyl sites for hydroxylation is 1. The molecule has 0 spiro atoms. The number of aldehydes is 1. The molecule has 3 heteroatoms. The molecular formula is C26H26N2O. The van der Waals surface area contributed by atoms with Gasteiger partial charge in [-0.05, 0) is 41.7 Å². The van der Waals surface area contributed by atoms with E-state index >= 15 is 0 Å². The number of pyridine rings is 2. The van der Waals surface area contributed by atoms with Gasteiger partial charge in [0.25, 0.3) is 0 Å². The second-order valence-corrected chi connectivity index (χ2v) is 6.65. The number of hydrogen-bond donors (Lipinski definition) is 0. The maximum absolute atomic E-state index is 11.5. The van der Waals surface area contributed by atoms with Crippen LogP contribution in [0, 0.1) is 0 Å². The largest absolute Gasteiger partial charge is 0.298 e. The third-order valence-corrected chi connectivity index (χ3v) is 4.86. The Balaban J connectivity index is 0.00000117. The molecule has 0 aliphatic rings. The summed E-state index contributed by atoms with van der Waals surface area (Å²) in [4.78, 5) is 20.2. The SMILES string of the molecule is CC.CCc1ccc(Cc2ccc(-c3cc(C=O)c4cnccc4n3)cc2)cc1. The predicted molar refractivity (Wildman–Crippen MR) is 120 cm³/mol. The standard InChI is InChI=1S/C24H20N2O.C2H6/c1-2-17-3-5-18(6-4-17)13-19-7-9-20(10-8-19)24-14-21(16-27)22-15-25-12-11-23(22)26-24;1-2/h3-12,14-16H,2,13H2,1H3;1-2H3. The van der Waals surface area contributed by atoms with Crippen LogP contribution in [-0.4, -0.2) is 16.3 Å². The van der Waals surface area contributed by atoms with E-state index in [0.717, 1.165) is 41.3 Å². The van der Waals surface area contributed by atoms with E-state index in [2.05, 4.69) is 65.4 Å². The molecule has 0 unspecified atom stereocenters. The van der Waals surface area contributed by atoms with Crippen molar-refractivity contribution in [3.05, 3.63) is 95.3 Å². The monoisotopic (exact) mass is 382 g/mol. The molecule has 2 heterocycles. The predicted octanol–water partition coefficient (Wildman–Crippen LogP) is 6.29. The quantitative estimate of drug-likeness (QED) is 0.381. The highest BCUT2D eigenvalue weighted by molar-refractivity contribution is 5.97. The number of fused-ring (bicyclic) bond motifs is 1. The van der Waals surface area contributed by atoms with E-state index in [0.29, 0.717) is 5.56 Å². The zero-order chi connectivity index (χ0) is 20.6. The molecule has 0 saturated heterocycles. The van der Waals surface area contributed by atoms with E-state index < -0.39 is 0 Å². The van der Waals surface area contributed by atoms with Gasteiger partial charge < -0.3 is 0 Å². The molecule has 0 aliphatic carbocycles. The van der Waals surface area contributed by atoms with Gasteiger partial charge in [0.2, 0.25) is 0 Å². The van der Waals surface area contributed by atoms with Crippen LogP contribution in [0.4, 0.5) is 0 Å². The average Bonchev–Trinajstić information content (AvgIpc) is 2.80. The van der Waals surface area contributed by atoms with Gasteiger partial charge in [0.1, 0.15) is 0 Å². The first kappa shape index (κ1) is 20.4. The summed E-state index contributed by atoms with van der Waals surface area (Å²) in [6, 6.07) is 20.8. The molecule has 29 heavy (non-hydrogen) atoms.